The summed E-state index contributed by atoms with van der Waals surface area (Å²) in [7, 11) is 0. The van der Waals surface area contributed by atoms with Gasteiger partial charge in [-0.05, 0) is 61.8 Å². The van der Waals surface area contributed by atoms with E-state index in [2.05, 4.69) is 18.2 Å². The summed E-state index contributed by atoms with van der Waals surface area (Å²) in [4.78, 5) is 0. The fourth-order valence-corrected chi connectivity index (χ4v) is 3.03. The third kappa shape index (κ3) is 3.10. The Kier molecular flexibility index (Phi) is 4.04. The van der Waals surface area contributed by atoms with Crippen LogP contribution >= 0.6 is 0 Å². The third-order valence-electron chi connectivity index (χ3n) is 4.19. The van der Waals surface area contributed by atoms with Crippen LogP contribution in [-0.2, 0) is 11.2 Å². The summed E-state index contributed by atoms with van der Waals surface area (Å²) >= 11 is 0. The largest absolute Gasteiger partial charge is 0.491 e. The molecule has 1 aliphatic carbocycles. The van der Waals surface area contributed by atoms with E-state index in [0.717, 1.165) is 31.6 Å². The Hall–Kier alpha value is -1.06. The molecule has 1 aromatic carbocycles. The summed E-state index contributed by atoms with van der Waals surface area (Å²) in [6.45, 7) is 1.54. The molecule has 104 valence electrons. The molecule has 1 aromatic rings. The molecule has 0 aromatic heterocycles. The number of aryl methyl sites for hydroxylation is 1. The highest BCUT2D eigenvalue weighted by molar-refractivity contribution is 5.39. The van der Waals surface area contributed by atoms with Gasteiger partial charge in [-0.15, -0.1) is 0 Å². The van der Waals surface area contributed by atoms with Gasteiger partial charge >= 0.3 is 0 Å². The summed E-state index contributed by atoms with van der Waals surface area (Å²) < 4.78 is 11.6. The molecule has 0 saturated carbocycles. The Bertz CT molecular complexity index is 427. The summed E-state index contributed by atoms with van der Waals surface area (Å²) in [6.07, 6.45) is 7.25. The van der Waals surface area contributed by atoms with Crippen LogP contribution in [-0.4, -0.2) is 19.3 Å². The fraction of sp³-hybridized carbons (Fsp3) is 0.625. The van der Waals surface area contributed by atoms with Crippen LogP contribution in [0.4, 0.5) is 0 Å². The summed E-state index contributed by atoms with van der Waals surface area (Å²) in [5.74, 6) is 0.935. The van der Waals surface area contributed by atoms with E-state index in [1.165, 1.54) is 30.4 Å². The van der Waals surface area contributed by atoms with Crippen molar-refractivity contribution in [1.29, 1.82) is 0 Å². The fourth-order valence-electron chi connectivity index (χ4n) is 3.03. The number of benzene rings is 1. The lowest BCUT2D eigenvalue weighted by molar-refractivity contribution is -0.0110. The van der Waals surface area contributed by atoms with Gasteiger partial charge in [-0.3, -0.25) is 0 Å². The maximum absolute atomic E-state index is 6.17. The monoisotopic (exact) mass is 261 g/mol. The minimum atomic E-state index is 0.179. The zero-order chi connectivity index (χ0) is 13.1. The number of hydrogen-bond acceptors (Lipinski definition) is 3. The van der Waals surface area contributed by atoms with Crippen molar-refractivity contribution in [3.05, 3.63) is 29.3 Å². The predicted octanol–water partition coefficient (Wildman–Crippen LogP) is 2.97. The Labute approximate surface area is 115 Å². The average molecular weight is 261 g/mol. The molecule has 0 spiro atoms. The maximum atomic E-state index is 6.17. The van der Waals surface area contributed by atoms with E-state index in [-0.39, 0.29) is 12.1 Å². The van der Waals surface area contributed by atoms with Gasteiger partial charge in [0.05, 0.1) is 6.10 Å². The molecule has 2 atom stereocenters. The van der Waals surface area contributed by atoms with Gasteiger partial charge in [0, 0.05) is 12.6 Å². The molecule has 19 heavy (non-hydrogen) atoms. The second kappa shape index (κ2) is 5.93. The van der Waals surface area contributed by atoms with Crippen molar-refractivity contribution < 1.29 is 9.47 Å². The zero-order valence-corrected chi connectivity index (χ0v) is 11.4. The van der Waals surface area contributed by atoms with Crippen molar-refractivity contribution >= 4 is 0 Å². The number of nitrogens with two attached hydrogens (primary N) is 1. The van der Waals surface area contributed by atoms with Gasteiger partial charge in [0.15, 0.2) is 0 Å². The lowest BCUT2D eigenvalue weighted by Crippen LogP contribution is -2.26. The van der Waals surface area contributed by atoms with Crippen molar-refractivity contribution in [1.82, 2.24) is 0 Å². The average Bonchev–Trinajstić information content (AvgIpc) is 2.47. The van der Waals surface area contributed by atoms with Crippen molar-refractivity contribution in [3.8, 4) is 5.75 Å². The van der Waals surface area contributed by atoms with Gasteiger partial charge in [-0.1, -0.05) is 6.07 Å². The van der Waals surface area contributed by atoms with Crippen LogP contribution in [0.3, 0.4) is 0 Å². The minimum absolute atomic E-state index is 0.179. The second-order valence-corrected chi connectivity index (χ2v) is 5.66. The number of fused-ring (bicyclic) bond motifs is 1. The van der Waals surface area contributed by atoms with E-state index in [4.69, 9.17) is 15.2 Å². The standard InChI is InChI=1S/C16H23NO2/c17-16-6-3-4-12-7-8-13(10-15(12)16)19-11-14-5-1-2-9-18-14/h7-8,10,14,16H,1-6,9,11,17H2/t14?,16-/m1/s1. The SMILES string of the molecule is N[C@@H]1CCCc2ccc(OCC3CCCCO3)cc21. The molecule has 1 aliphatic heterocycles. The smallest absolute Gasteiger partial charge is 0.119 e. The molecular formula is C16H23NO2. The van der Waals surface area contributed by atoms with E-state index < -0.39 is 0 Å². The van der Waals surface area contributed by atoms with Crippen LogP contribution in [0.15, 0.2) is 18.2 Å². The van der Waals surface area contributed by atoms with Gasteiger partial charge in [0.25, 0.3) is 0 Å². The Morgan fingerprint density at radius 3 is 3.00 bits per heavy atom. The highest BCUT2D eigenvalue weighted by Crippen LogP contribution is 2.31. The van der Waals surface area contributed by atoms with Gasteiger partial charge < -0.3 is 15.2 Å². The van der Waals surface area contributed by atoms with Crippen molar-refractivity contribution in [2.24, 2.45) is 5.73 Å². The Balaban J connectivity index is 1.63. The first-order chi connectivity index (χ1) is 9.33. The normalized spacial score (nSPS) is 26.8. The summed E-state index contributed by atoms with van der Waals surface area (Å²) in [5.41, 5.74) is 8.83. The second-order valence-electron chi connectivity index (χ2n) is 5.66. The molecule has 3 nitrogen and oxygen atoms in total. The predicted molar refractivity (Wildman–Crippen MR) is 75.4 cm³/mol. The van der Waals surface area contributed by atoms with E-state index in [9.17, 15) is 0 Å². The molecule has 3 rings (SSSR count). The van der Waals surface area contributed by atoms with E-state index >= 15 is 0 Å². The zero-order valence-electron chi connectivity index (χ0n) is 11.4. The molecular weight excluding hydrogens is 238 g/mol. The first-order valence-corrected chi connectivity index (χ1v) is 7.46. The Morgan fingerprint density at radius 1 is 1.21 bits per heavy atom. The van der Waals surface area contributed by atoms with E-state index in [1.807, 2.05) is 0 Å². The van der Waals surface area contributed by atoms with Crippen LogP contribution in [0.2, 0.25) is 0 Å². The van der Waals surface area contributed by atoms with Crippen LogP contribution in [0.5, 0.6) is 5.75 Å². The topological polar surface area (TPSA) is 44.5 Å². The molecule has 0 radical (unpaired) electrons. The quantitative estimate of drug-likeness (QED) is 0.909. The van der Waals surface area contributed by atoms with Crippen molar-refractivity contribution in [2.75, 3.05) is 13.2 Å². The lowest BCUT2D eigenvalue weighted by atomic mass is 9.88. The van der Waals surface area contributed by atoms with Gasteiger partial charge in [0.1, 0.15) is 12.4 Å². The highest BCUT2D eigenvalue weighted by atomic mass is 16.5. The summed E-state index contributed by atoms with van der Waals surface area (Å²) in [6, 6.07) is 6.55. The van der Waals surface area contributed by atoms with Crippen LogP contribution in [0.1, 0.15) is 49.3 Å². The first-order valence-electron chi connectivity index (χ1n) is 7.46. The molecule has 1 unspecified atom stereocenters. The Morgan fingerprint density at radius 2 is 2.16 bits per heavy atom. The van der Waals surface area contributed by atoms with E-state index in [0.29, 0.717) is 6.61 Å². The molecule has 2 aliphatic rings. The van der Waals surface area contributed by atoms with Gasteiger partial charge in [-0.25, -0.2) is 0 Å². The van der Waals surface area contributed by atoms with Gasteiger partial charge in [-0.2, -0.15) is 0 Å². The number of hydrogen-bond donors (Lipinski definition) is 1. The number of ether oxygens (including phenoxy) is 2. The molecule has 1 fully saturated rings. The van der Waals surface area contributed by atoms with Crippen LogP contribution in [0, 0.1) is 0 Å². The molecule has 2 N–H and O–H groups in total. The molecule has 1 saturated heterocycles. The highest BCUT2D eigenvalue weighted by Gasteiger charge is 2.18. The van der Waals surface area contributed by atoms with Crippen molar-refractivity contribution in [3.63, 3.8) is 0 Å². The molecule has 1 heterocycles. The van der Waals surface area contributed by atoms with Crippen LogP contribution in [0.25, 0.3) is 0 Å². The van der Waals surface area contributed by atoms with Crippen molar-refractivity contribution in [2.45, 2.75) is 50.7 Å². The van der Waals surface area contributed by atoms with Crippen LogP contribution < -0.4 is 10.5 Å². The summed E-state index contributed by atoms with van der Waals surface area (Å²) in [5, 5.41) is 0. The third-order valence-corrected chi connectivity index (χ3v) is 4.19. The molecule has 0 amide bonds. The van der Waals surface area contributed by atoms with E-state index in [1.54, 1.807) is 0 Å². The first kappa shape index (κ1) is 12.9. The molecule has 3 heteroatoms. The van der Waals surface area contributed by atoms with Gasteiger partial charge in [0.2, 0.25) is 0 Å². The molecule has 0 bridgehead atoms. The maximum Gasteiger partial charge on any atom is 0.119 e. The minimum Gasteiger partial charge on any atom is -0.491 e. The number of rotatable bonds is 3. The lowest BCUT2D eigenvalue weighted by Gasteiger charge is -2.25.